The number of anilines is 1. The Labute approximate surface area is 147 Å². The summed E-state index contributed by atoms with van der Waals surface area (Å²) in [6.45, 7) is 0. The second kappa shape index (κ2) is 7.27. The number of aromatic nitrogens is 2. The molecule has 25 heavy (non-hydrogen) atoms. The lowest BCUT2D eigenvalue weighted by Gasteiger charge is -2.11. The monoisotopic (exact) mass is 359 g/mol. The molecule has 0 saturated carbocycles. The van der Waals surface area contributed by atoms with Crippen LogP contribution in [0.25, 0.3) is 11.3 Å². The van der Waals surface area contributed by atoms with Gasteiger partial charge in [-0.2, -0.15) is 0 Å². The van der Waals surface area contributed by atoms with E-state index in [4.69, 9.17) is 9.47 Å². The van der Waals surface area contributed by atoms with Crippen LogP contribution in [0, 0.1) is 5.82 Å². The zero-order valence-electron chi connectivity index (χ0n) is 13.4. The van der Waals surface area contributed by atoms with Gasteiger partial charge in [-0.25, -0.2) is 4.39 Å². The number of hydrogen-bond donors (Lipinski definition) is 1. The van der Waals surface area contributed by atoms with Crippen LogP contribution < -0.4 is 14.8 Å². The topological polar surface area (TPSA) is 73.3 Å². The Hall–Kier alpha value is -3.00. The lowest BCUT2D eigenvalue weighted by molar-refractivity contribution is 0.103. The third-order valence-electron chi connectivity index (χ3n) is 3.47. The van der Waals surface area contributed by atoms with Crippen LogP contribution >= 0.6 is 11.5 Å². The highest BCUT2D eigenvalue weighted by molar-refractivity contribution is 7.08. The van der Waals surface area contributed by atoms with Crippen LogP contribution in [-0.2, 0) is 0 Å². The van der Waals surface area contributed by atoms with Gasteiger partial charge in [-0.05, 0) is 47.9 Å². The Morgan fingerprint density at radius 1 is 1.12 bits per heavy atom. The fraction of sp³-hybridized carbons (Fsp3) is 0.118. The van der Waals surface area contributed by atoms with Crippen LogP contribution in [0.4, 0.5) is 10.1 Å². The predicted molar refractivity (Wildman–Crippen MR) is 92.8 cm³/mol. The Morgan fingerprint density at radius 2 is 1.88 bits per heavy atom. The fourth-order valence-corrected chi connectivity index (χ4v) is 2.80. The normalized spacial score (nSPS) is 10.4. The summed E-state index contributed by atoms with van der Waals surface area (Å²) in [4.78, 5) is 12.9. The van der Waals surface area contributed by atoms with Crippen LogP contribution in [0.1, 0.15) is 9.67 Å². The van der Waals surface area contributed by atoms with Gasteiger partial charge in [-0.15, -0.1) is 5.10 Å². The van der Waals surface area contributed by atoms with Gasteiger partial charge in [-0.3, -0.25) is 4.79 Å². The average Bonchev–Trinajstić information content (AvgIpc) is 3.12. The largest absolute Gasteiger partial charge is 0.497 e. The number of carbonyl (C=O) groups excluding carboxylic acids is 1. The molecule has 1 N–H and O–H groups in total. The SMILES string of the molecule is COc1ccc(NC(=O)c2snnc2-c2ccc(F)cc2)c(OC)c1. The van der Waals surface area contributed by atoms with Crippen LogP contribution in [0.5, 0.6) is 11.5 Å². The van der Waals surface area contributed by atoms with E-state index < -0.39 is 0 Å². The Morgan fingerprint density at radius 3 is 2.56 bits per heavy atom. The van der Waals surface area contributed by atoms with E-state index >= 15 is 0 Å². The third-order valence-corrected chi connectivity index (χ3v) is 4.19. The molecule has 3 aromatic rings. The maximum absolute atomic E-state index is 13.1. The van der Waals surface area contributed by atoms with Crippen LogP contribution in [0.15, 0.2) is 42.5 Å². The van der Waals surface area contributed by atoms with E-state index in [1.807, 2.05) is 0 Å². The average molecular weight is 359 g/mol. The number of methoxy groups -OCH3 is 2. The zero-order valence-corrected chi connectivity index (χ0v) is 14.3. The van der Waals surface area contributed by atoms with Crippen LogP contribution in [0.3, 0.4) is 0 Å². The minimum atomic E-state index is -0.377. The summed E-state index contributed by atoms with van der Waals surface area (Å²) in [6, 6.07) is 10.8. The van der Waals surface area contributed by atoms with Crippen molar-refractivity contribution in [2.45, 2.75) is 0 Å². The van der Waals surface area contributed by atoms with Crippen LogP contribution in [-0.4, -0.2) is 29.7 Å². The molecule has 2 aromatic carbocycles. The third kappa shape index (κ3) is 3.58. The number of rotatable bonds is 5. The maximum Gasteiger partial charge on any atom is 0.269 e. The van der Waals surface area contributed by atoms with Crippen molar-refractivity contribution in [2.75, 3.05) is 19.5 Å². The molecular formula is C17H14FN3O3S. The summed E-state index contributed by atoms with van der Waals surface area (Å²) in [5.41, 5.74) is 1.50. The number of amides is 1. The van der Waals surface area contributed by atoms with Crippen molar-refractivity contribution < 1.29 is 18.7 Å². The molecule has 128 valence electrons. The van der Waals surface area contributed by atoms with E-state index in [-0.39, 0.29) is 11.7 Å². The van der Waals surface area contributed by atoms with Crippen molar-refractivity contribution in [3.8, 4) is 22.8 Å². The summed E-state index contributed by atoms with van der Waals surface area (Å²) in [5, 5.41) is 6.76. The first-order valence-electron chi connectivity index (χ1n) is 7.24. The minimum absolute atomic E-state index is 0.324. The highest BCUT2D eigenvalue weighted by Crippen LogP contribution is 2.31. The van der Waals surface area contributed by atoms with Crippen LogP contribution in [0.2, 0.25) is 0 Å². The molecule has 1 amide bonds. The number of nitrogens with one attached hydrogen (secondary N) is 1. The summed E-state index contributed by atoms with van der Waals surface area (Å²) in [6.07, 6.45) is 0. The Kier molecular flexibility index (Phi) is 4.90. The molecule has 0 aliphatic rings. The molecule has 0 aliphatic heterocycles. The fourth-order valence-electron chi connectivity index (χ4n) is 2.22. The standard InChI is InChI=1S/C17H14FN3O3S/c1-23-12-7-8-13(14(9-12)24-2)19-17(22)16-15(20-21-25-16)10-3-5-11(18)6-4-10/h3-9H,1-2H3,(H,19,22). The van der Waals surface area contributed by atoms with Crippen molar-refractivity contribution in [3.63, 3.8) is 0 Å². The van der Waals surface area contributed by atoms with E-state index in [1.165, 1.54) is 19.2 Å². The molecule has 1 heterocycles. The maximum atomic E-state index is 13.1. The molecule has 0 aliphatic carbocycles. The van der Waals surface area contributed by atoms with Gasteiger partial charge in [-0.1, -0.05) is 4.49 Å². The smallest absolute Gasteiger partial charge is 0.269 e. The van der Waals surface area contributed by atoms with Crippen molar-refractivity contribution >= 4 is 23.1 Å². The van der Waals surface area contributed by atoms with Crippen molar-refractivity contribution in [2.24, 2.45) is 0 Å². The first-order valence-corrected chi connectivity index (χ1v) is 8.01. The second-order valence-electron chi connectivity index (χ2n) is 4.98. The molecule has 0 unspecified atom stereocenters. The minimum Gasteiger partial charge on any atom is -0.497 e. The number of benzene rings is 2. The highest BCUT2D eigenvalue weighted by Gasteiger charge is 2.19. The van der Waals surface area contributed by atoms with Gasteiger partial charge in [0.15, 0.2) is 0 Å². The van der Waals surface area contributed by atoms with E-state index in [0.29, 0.717) is 33.3 Å². The van der Waals surface area contributed by atoms with Gasteiger partial charge < -0.3 is 14.8 Å². The van der Waals surface area contributed by atoms with E-state index in [0.717, 1.165) is 11.5 Å². The molecule has 0 saturated heterocycles. The first-order chi connectivity index (χ1) is 12.1. The predicted octanol–water partition coefficient (Wildman–Crippen LogP) is 3.61. The second-order valence-corrected chi connectivity index (χ2v) is 5.73. The lowest BCUT2D eigenvalue weighted by atomic mass is 10.1. The molecule has 0 atom stereocenters. The summed E-state index contributed by atoms with van der Waals surface area (Å²) in [5.74, 6) is 0.341. The lowest BCUT2D eigenvalue weighted by Crippen LogP contribution is -2.12. The van der Waals surface area contributed by atoms with E-state index in [1.54, 1.807) is 37.4 Å². The summed E-state index contributed by atoms with van der Waals surface area (Å²) >= 11 is 0.965. The molecule has 8 heteroatoms. The Bertz CT molecular complexity index is 896. The Balaban J connectivity index is 1.88. The molecule has 1 aromatic heterocycles. The van der Waals surface area contributed by atoms with Gasteiger partial charge >= 0.3 is 0 Å². The van der Waals surface area contributed by atoms with E-state index in [2.05, 4.69) is 14.9 Å². The van der Waals surface area contributed by atoms with Crippen molar-refractivity contribution in [1.82, 2.24) is 9.59 Å². The quantitative estimate of drug-likeness (QED) is 0.753. The van der Waals surface area contributed by atoms with Crippen molar-refractivity contribution in [3.05, 3.63) is 53.2 Å². The molecule has 0 spiro atoms. The summed E-state index contributed by atoms with van der Waals surface area (Å²) in [7, 11) is 3.05. The molecule has 0 bridgehead atoms. The van der Waals surface area contributed by atoms with Crippen molar-refractivity contribution in [1.29, 1.82) is 0 Å². The first kappa shape index (κ1) is 16.8. The molecule has 0 radical (unpaired) electrons. The molecule has 3 rings (SSSR count). The molecule has 0 fully saturated rings. The number of ether oxygens (including phenoxy) is 2. The zero-order chi connectivity index (χ0) is 17.8. The van der Waals surface area contributed by atoms with Gasteiger partial charge in [0.2, 0.25) is 0 Å². The van der Waals surface area contributed by atoms with Gasteiger partial charge in [0.1, 0.15) is 27.9 Å². The molecule has 6 nitrogen and oxygen atoms in total. The number of halogens is 1. The van der Waals surface area contributed by atoms with Gasteiger partial charge in [0.25, 0.3) is 5.91 Å². The highest BCUT2D eigenvalue weighted by atomic mass is 32.1. The number of nitrogens with zero attached hydrogens (tertiary/aromatic N) is 2. The van der Waals surface area contributed by atoms with Gasteiger partial charge in [0, 0.05) is 11.6 Å². The van der Waals surface area contributed by atoms with Gasteiger partial charge in [0.05, 0.1) is 19.9 Å². The molecular weight excluding hydrogens is 345 g/mol. The number of carbonyl (C=O) groups is 1. The summed E-state index contributed by atoms with van der Waals surface area (Å²) < 4.78 is 27.3. The van der Waals surface area contributed by atoms with E-state index in [9.17, 15) is 9.18 Å². The number of hydrogen-bond acceptors (Lipinski definition) is 6.